The molecule has 0 radical (unpaired) electrons. The first-order chi connectivity index (χ1) is 10.7. The lowest BCUT2D eigenvalue weighted by molar-refractivity contribution is -0.117. The highest BCUT2D eigenvalue weighted by atomic mass is 32.2. The molecule has 1 heterocycles. The molecule has 23 heavy (non-hydrogen) atoms. The first-order valence-electron chi connectivity index (χ1n) is 7.55. The number of amides is 1. The standard InChI is InChI=1S/C17H23N3OS2/c1-11-6-12(2)8-13(7-11)10-22-16-20-19-15(23-16)18-14(21)9-17(3,4)5/h6-8H,9-10H2,1-5H3,(H,18,19,21). The number of carbonyl (C=O) groups is 1. The zero-order chi connectivity index (χ0) is 17.0. The summed E-state index contributed by atoms with van der Waals surface area (Å²) in [6.45, 7) is 10.3. The Morgan fingerprint density at radius 1 is 1.17 bits per heavy atom. The molecular weight excluding hydrogens is 326 g/mol. The molecule has 4 nitrogen and oxygen atoms in total. The van der Waals surface area contributed by atoms with E-state index in [1.165, 1.54) is 28.0 Å². The Morgan fingerprint density at radius 3 is 2.43 bits per heavy atom. The average molecular weight is 350 g/mol. The van der Waals surface area contributed by atoms with Gasteiger partial charge in [-0.1, -0.05) is 73.2 Å². The highest BCUT2D eigenvalue weighted by molar-refractivity contribution is 8.00. The number of aromatic nitrogens is 2. The molecule has 0 aliphatic carbocycles. The minimum Gasteiger partial charge on any atom is -0.300 e. The van der Waals surface area contributed by atoms with Crippen molar-refractivity contribution in [3.63, 3.8) is 0 Å². The molecule has 2 rings (SSSR count). The molecule has 0 fully saturated rings. The van der Waals surface area contributed by atoms with Crippen molar-refractivity contribution in [2.45, 2.75) is 51.1 Å². The molecule has 1 aromatic heterocycles. The first-order valence-corrected chi connectivity index (χ1v) is 9.35. The van der Waals surface area contributed by atoms with Crippen LogP contribution >= 0.6 is 23.1 Å². The number of hydrogen-bond acceptors (Lipinski definition) is 5. The van der Waals surface area contributed by atoms with E-state index in [1.807, 2.05) is 20.8 Å². The van der Waals surface area contributed by atoms with Gasteiger partial charge in [0.15, 0.2) is 4.34 Å². The van der Waals surface area contributed by atoms with Crippen molar-refractivity contribution in [3.8, 4) is 0 Å². The molecule has 1 amide bonds. The summed E-state index contributed by atoms with van der Waals surface area (Å²) < 4.78 is 0.871. The number of anilines is 1. The Hall–Kier alpha value is -1.40. The van der Waals surface area contributed by atoms with Crippen molar-refractivity contribution >= 4 is 34.1 Å². The third-order valence-electron chi connectivity index (χ3n) is 2.99. The van der Waals surface area contributed by atoms with E-state index in [-0.39, 0.29) is 11.3 Å². The van der Waals surface area contributed by atoms with Crippen LogP contribution in [0, 0.1) is 19.3 Å². The van der Waals surface area contributed by atoms with Gasteiger partial charge in [-0.15, -0.1) is 10.2 Å². The highest BCUT2D eigenvalue weighted by Gasteiger charge is 2.17. The van der Waals surface area contributed by atoms with Gasteiger partial charge in [0.1, 0.15) is 0 Å². The van der Waals surface area contributed by atoms with E-state index in [0.717, 1.165) is 10.1 Å². The molecule has 0 saturated heterocycles. The average Bonchev–Trinajstić information content (AvgIpc) is 2.80. The third-order valence-corrected chi connectivity index (χ3v) is 5.03. The Bertz CT molecular complexity index is 669. The number of nitrogens with zero attached hydrogens (tertiary/aromatic N) is 2. The van der Waals surface area contributed by atoms with Gasteiger partial charge >= 0.3 is 0 Å². The summed E-state index contributed by atoms with van der Waals surface area (Å²) in [6.07, 6.45) is 0.470. The van der Waals surface area contributed by atoms with Crippen molar-refractivity contribution < 1.29 is 4.79 Å². The highest BCUT2D eigenvalue weighted by Crippen LogP contribution is 2.29. The molecule has 0 atom stereocenters. The van der Waals surface area contributed by atoms with Crippen LogP contribution in [-0.4, -0.2) is 16.1 Å². The zero-order valence-electron chi connectivity index (χ0n) is 14.3. The molecule has 6 heteroatoms. The third kappa shape index (κ3) is 6.31. The summed E-state index contributed by atoms with van der Waals surface area (Å²) in [4.78, 5) is 11.9. The topological polar surface area (TPSA) is 54.9 Å². The zero-order valence-corrected chi connectivity index (χ0v) is 15.9. The molecule has 124 valence electrons. The smallest absolute Gasteiger partial charge is 0.226 e. The normalized spacial score (nSPS) is 11.5. The lowest BCUT2D eigenvalue weighted by Crippen LogP contribution is -2.19. The number of hydrogen-bond donors (Lipinski definition) is 1. The van der Waals surface area contributed by atoms with Gasteiger partial charge in [-0.25, -0.2) is 0 Å². The Labute approximate surface area is 146 Å². The van der Waals surface area contributed by atoms with Crippen LogP contribution in [0.5, 0.6) is 0 Å². The minimum atomic E-state index is -0.0324. The Balaban J connectivity index is 1.91. The minimum absolute atomic E-state index is 0.0143. The molecular formula is C17H23N3OS2. The van der Waals surface area contributed by atoms with Gasteiger partial charge in [-0.2, -0.15) is 0 Å². The van der Waals surface area contributed by atoms with Crippen LogP contribution in [0.15, 0.2) is 22.5 Å². The van der Waals surface area contributed by atoms with E-state index in [1.54, 1.807) is 11.8 Å². The van der Waals surface area contributed by atoms with Crippen LogP contribution in [0.4, 0.5) is 5.13 Å². The maximum atomic E-state index is 11.9. The number of carbonyl (C=O) groups excluding carboxylic acids is 1. The predicted octanol–water partition coefficient (Wildman–Crippen LogP) is 4.82. The maximum Gasteiger partial charge on any atom is 0.226 e. The van der Waals surface area contributed by atoms with Gasteiger partial charge < -0.3 is 5.32 Å². The summed E-state index contributed by atoms with van der Waals surface area (Å²) in [5.41, 5.74) is 3.79. The van der Waals surface area contributed by atoms with Crippen molar-refractivity contribution in [1.29, 1.82) is 0 Å². The second-order valence-corrected chi connectivity index (χ2v) is 9.14. The van der Waals surface area contributed by atoms with Gasteiger partial charge in [0.25, 0.3) is 0 Å². The summed E-state index contributed by atoms with van der Waals surface area (Å²) in [7, 11) is 0. The first kappa shape index (κ1) is 17.9. The number of benzene rings is 1. The SMILES string of the molecule is Cc1cc(C)cc(CSc2nnc(NC(=O)CC(C)(C)C)s2)c1. The number of aryl methyl sites for hydroxylation is 2. The van der Waals surface area contributed by atoms with Crippen LogP contribution < -0.4 is 5.32 Å². The van der Waals surface area contributed by atoms with Crippen LogP contribution in [0.25, 0.3) is 0 Å². The van der Waals surface area contributed by atoms with Crippen LogP contribution in [0.1, 0.15) is 43.9 Å². The van der Waals surface area contributed by atoms with Gasteiger partial charge in [0.2, 0.25) is 11.0 Å². The van der Waals surface area contributed by atoms with E-state index in [4.69, 9.17) is 0 Å². The maximum absolute atomic E-state index is 11.9. The van der Waals surface area contributed by atoms with Crippen LogP contribution in [0.2, 0.25) is 0 Å². The van der Waals surface area contributed by atoms with Crippen LogP contribution in [-0.2, 0) is 10.5 Å². The van der Waals surface area contributed by atoms with E-state index >= 15 is 0 Å². The fourth-order valence-electron chi connectivity index (χ4n) is 2.26. The predicted molar refractivity (Wildman–Crippen MR) is 98.1 cm³/mol. The van der Waals surface area contributed by atoms with Gasteiger partial charge in [0.05, 0.1) is 0 Å². The van der Waals surface area contributed by atoms with Gasteiger partial charge in [0, 0.05) is 12.2 Å². The van der Waals surface area contributed by atoms with Gasteiger partial charge in [-0.3, -0.25) is 4.79 Å². The monoisotopic (exact) mass is 349 g/mol. The number of nitrogens with one attached hydrogen (secondary N) is 1. The van der Waals surface area contributed by atoms with E-state index < -0.39 is 0 Å². The molecule has 0 bridgehead atoms. The molecule has 1 aromatic carbocycles. The van der Waals surface area contributed by atoms with E-state index in [9.17, 15) is 4.79 Å². The summed E-state index contributed by atoms with van der Waals surface area (Å²) >= 11 is 3.07. The lowest BCUT2D eigenvalue weighted by atomic mass is 9.92. The van der Waals surface area contributed by atoms with Crippen molar-refractivity contribution in [3.05, 3.63) is 34.9 Å². The fraction of sp³-hybridized carbons (Fsp3) is 0.471. The molecule has 0 unspecified atom stereocenters. The second kappa shape index (κ2) is 7.45. The second-order valence-electron chi connectivity index (χ2n) is 6.94. The summed E-state index contributed by atoms with van der Waals surface area (Å²) in [6, 6.07) is 6.54. The molecule has 0 aliphatic rings. The Kier molecular flexibility index (Phi) is 5.81. The Morgan fingerprint density at radius 2 is 1.83 bits per heavy atom. The molecule has 0 aliphatic heterocycles. The van der Waals surface area contributed by atoms with Crippen molar-refractivity contribution in [1.82, 2.24) is 10.2 Å². The molecule has 1 N–H and O–H groups in total. The molecule has 0 saturated carbocycles. The van der Waals surface area contributed by atoms with Crippen LogP contribution in [0.3, 0.4) is 0 Å². The lowest BCUT2D eigenvalue weighted by Gasteiger charge is -2.16. The quantitative estimate of drug-likeness (QED) is 0.621. The fourth-order valence-corrected chi connectivity index (χ4v) is 3.96. The number of rotatable bonds is 5. The molecule has 2 aromatic rings. The summed E-state index contributed by atoms with van der Waals surface area (Å²) in [5.74, 6) is 0.840. The van der Waals surface area contributed by atoms with Gasteiger partial charge in [-0.05, 0) is 24.8 Å². The van der Waals surface area contributed by atoms with Crippen molar-refractivity contribution in [2.24, 2.45) is 5.41 Å². The summed E-state index contributed by atoms with van der Waals surface area (Å²) in [5, 5.41) is 11.6. The van der Waals surface area contributed by atoms with Crippen molar-refractivity contribution in [2.75, 3.05) is 5.32 Å². The number of thioether (sulfide) groups is 1. The van der Waals surface area contributed by atoms with E-state index in [0.29, 0.717) is 11.6 Å². The van der Waals surface area contributed by atoms with E-state index in [2.05, 4.69) is 47.6 Å². The molecule has 0 spiro atoms. The largest absolute Gasteiger partial charge is 0.300 e.